The van der Waals surface area contributed by atoms with E-state index in [-0.39, 0.29) is 11.5 Å². The number of aryl methyl sites for hydroxylation is 1. The molecule has 0 unspecified atom stereocenters. The van der Waals surface area contributed by atoms with Crippen LogP contribution in [0.25, 0.3) is 0 Å². The van der Waals surface area contributed by atoms with E-state index in [0.29, 0.717) is 29.8 Å². The van der Waals surface area contributed by atoms with Gasteiger partial charge in [0.2, 0.25) is 0 Å². The maximum atomic E-state index is 13.5. The predicted molar refractivity (Wildman–Crippen MR) is 70.0 cm³/mol. The number of rotatable bonds is 2. The quantitative estimate of drug-likeness (QED) is 0.839. The Morgan fingerprint density at radius 1 is 1.11 bits per heavy atom. The molecule has 0 fully saturated rings. The Hall–Kier alpha value is -2.36. The average molecular weight is 257 g/mol. The minimum absolute atomic E-state index is 0.0772. The first-order valence-corrected chi connectivity index (χ1v) is 6.03. The van der Waals surface area contributed by atoms with E-state index in [1.54, 1.807) is 24.3 Å². The molecule has 0 spiro atoms. The number of ketones is 1. The lowest BCUT2D eigenvalue weighted by molar-refractivity contribution is 0.0994. The van der Waals surface area contributed by atoms with Gasteiger partial charge in [0.1, 0.15) is 0 Å². The molecular weight excluding hydrogens is 245 g/mol. The van der Waals surface area contributed by atoms with Crippen molar-refractivity contribution in [2.24, 2.45) is 0 Å². The standard InChI is InChI=1S/C15H12FNO2/c16-11-3-1-2-4-14(11)19-15-8-10-9(7-12(15)17)5-6-13(10)18/h1-4,7-8H,5-6,17H2. The van der Waals surface area contributed by atoms with Gasteiger partial charge in [-0.3, -0.25) is 4.79 Å². The lowest BCUT2D eigenvalue weighted by atomic mass is 10.1. The van der Waals surface area contributed by atoms with Crippen molar-refractivity contribution in [3.63, 3.8) is 0 Å². The van der Waals surface area contributed by atoms with Crippen LogP contribution in [0.2, 0.25) is 0 Å². The normalized spacial score (nSPS) is 13.4. The molecule has 2 N–H and O–H groups in total. The Kier molecular flexibility index (Phi) is 2.71. The van der Waals surface area contributed by atoms with E-state index in [0.717, 1.165) is 5.56 Å². The molecule has 0 saturated carbocycles. The van der Waals surface area contributed by atoms with Gasteiger partial charge in [-0.05, 0) is 36.2 Å². The molecule has 0 aliphatic heterocycles. The second-order valence-corrected chi connectivity index (χ2v) is 4.50. The number of nitrogen functional groups attached to an aromatic ring is 1. The van der Waals surface area contributed by atoms with Crippen molar-refractivity contribution >= 4 is 11.5 Å². The molecule has 0 atom stereocenters. The van der Waals surface area contributed by atoms with Crippen molar-refractivity contribution in [2.75, 3.05) is 5.73 Å². The van der Waals surface area contributed by atoms with Crippen LogP contribution in [0.1, 0.15) is 22.3 Å². The zero-order valence-electron chi connectivity index (χ0n) is 10.2. The molecule has 0 radical (unpaired) electrons. The van der Waals surface area contributed by atoms with Gasteiger partial charge in [-0.2, -0.15) is 0 Å². The Morgan fingerprint density at radius 3 is 2.68 bits per heavy atom. The van der Waals surface area contributed by atoms with Crippen LogP contribution in [0.3, 0.4) is 0 Å². The SMILES string of the molecule is Nc1cc2c(cc1Oc1ccccc1F)C(=O)CC2. The first-order chi connectivity index (χ1) is 9.15. The summed E-state index contributed by atoms with van der Waals surface area (Å²) in [6.45, 7) is 0. The van der Waals surface area contributed by atoms with Gasteiger partial charge in [-0.25, -0.2) is 4.39 Å². The summed E-state index contributed by atoms with van der Waals surface area (Å²) in [7, 11) is 0. The fraction of sp³-hybridized carbons (Fsp3) is 0.133. The molecule has 0 saturated heterocycles. The summed E-state index contributed by atoms with van der Waals surface area (Å²) in [6.07, 6.45) is 1.20. The van der Waals surface area contributed by atoms with Gasteiger partial charge in [0.15, 0.2) is 23.1 Å². The maximum Gasteiger partial charge on any atom is 0.165 e. The first-order valence-electron chi connectivity index (χ1n) is 6.03. The number of para-hydroxylation sites is 1. The summed E-state index contributed by atoms with van der Waals surface area (Å²) in [6, 6.07) is 9.42. The fourth-order valence-electron chi connectivity index (χ4n) is 2.23. The molecule has 3 nitrogen and oxygen atoms in total. The van der Waals surface area contributed by atoms with Gasteiger partial charge in [-0.1, -0.05) is 12.1 Å². The second kappa shape index (κ2) is 4.39. The molecule has 4 heteroatoms. The average Bonchev–Trinajstić information content (AvgIpc) is 2.74. The lowest BCUT2D eigenvalue weighted by Gasteiger charge is -2.11. The van der Waals surface area contributed by atoms with Crippen LogP contribution in [0, 0.1) is 5.82 Å². The number of hydrogen-bond donors (Lipinski definition) is 1. The number of anilines is 1. The third-order valence-electron chi connectivity index (χ3n) is 3.21. The maximum absolute atomic E-state index is 13.5. The van der Waals surface area contributed by atoms with Gasteiger partial charge < -0.3 is 10.5 Å². The first kappa shape index (κ1) is 11.7. The summed E-state index contributed by atoms with van der Waals surface area (Å²) in [5.41, 5.74) is 7.85. The molecule has 96 valence electrons. The molecule has 0 heterocycles. The molecule has 2 aromatic rings. The minimum atomic E-state index is -0.464. The van der Waals surface area contributed by atoms with Gasteiger partial charge in [-0.15, -0.1) is 0 Å². The van der Waals surface area contributed by atoms with Crippen molar-refractivity contribution in [3.05, 3.63) is 53.3 Å². The number of benzene rings is 2. The predicted octanol–water partition coefficient (Wildman–Crippen LogP) is 3.33. The fourth-order valence-corrected chi connectivity index (χ4v) is 2.23. The number of ether oxygens (including phenoxy) is 1. The topological polar surface area (TPSA) is 52.3 Å². The number of fused-ring (bicyclic) bond motifs is 1. The third kappa shape index (κ3) is 2.05. The highest BCUT2D eigenvalue weighted by Crippen LogP contribution is 2.34. The van der Waals surface area contributed by atoms with Crippen LogP contribution in [0.5, 0.6) is 11.5 Å². The largest absolute Gasteiger partial charge is 0.452 e. The third-order valence-corrected chi connectivity index (χ3v) is 3.21. The lowest BCUT2D eigenvalue weighted by Crippen LogP contribution is -1.98. The van der Waals surface area contributed by atoms with Crippen LogP contribution >= 0.6 is 0 Å². The highest BCUT2D eigenvalue weighted by atomic mass is 19.1. The van der Waals surface area contributed by atoms with E-state index in [9.17, 15) is 9.18 Å². The van der Waals surface area contributed by atoms with Gasteiger partial charge >= 0.3 is 0 Å². The zero-order chi connectivity index (χ0) is 13.4. The second-order valence-electron chi connectivity index (χ2n) is 4.50. The van der Waals surface area contributed by atoms with Crippen molar-refractivity contribution in [3.8, 4) is 11.5 Å². The highest BCUT2D eigenvalue weighted by molar-refractivity contribution is 6.01. The van der Waals surface area contributed by atoms with Gasteiger partial charge in [0.25, 0.3) is 0 Å². The Labute approximate surface area is 109 Å². The van der Waals surface area contributed by atoms with Crippen LogP contribution in [-0.2, 0) is 6.42 Å². The molecule has 3 rings (SSSR count). The summed E-state index contributed by atoms with van der Waals surface area (Å²) in [4.78, 5) is 11.7. The number of hydrogen-bond acceptors (Lipinski definition) is 3. The van der Waals surface area contributed by atoms with E-state index in [2.05, 4.69) is 0 Å². The van der Waals surface area contributed by atoms with Crippen molar-refractivity contribution < 1.29 is 13.9 Å². The van der Waals surface area contributed by atoms with Crippen molar-refractivity contribution in [1.29, 1.82) is 0 Å². The molecular formula is C15H12FNO2. The van der Waals surface area contributed by atoms with Crippen molar-refractivity contribution in [1.82, 2.24) is 0 Å². The highest BCUT2D eigenvalue weighted by Gasteiger charge is 2.22. The summed E-state index contributed by atoms with van der Waals surface area (Å²) < 4.78 is 19.0. The smallest absolute Gasteiger partial charge is 0.165 e. The molecule has 0 bridgehead atoms. The van der Waals surface area contributed by atoms with Crippen LogP contribution in [-0.4, -0.2) is 5.78 Å². The number of nitrogens with two attached hydrogens (primary N) is 1. The number of carbonyl (C=O) groups is 1. The molecule has 0 amide bonds. The molecule has 0 aromatic heterocycles. The van der Waals surface area contributed by atoms with Gasteiger partial charge in [0.05, 0.1) is 5.69 Å². The van der Waals surface area contributed by atoms with E-state index in [1.165, 1.54) is 12.1 Å². The van der Waals surface area contributed by atoms with E-state index in [4.69, 9.17) is 10.5 Å². The molecule has 2 aromatic carbocycles. The number of Topliss-reactive ketones (excluding diaryl/α,β-unsaturated/α-hetero) is 1. The van der Waals surface area contributed by atoms with E-state index < -0.39 is 5.82 Å². The Balaban J connectivity index is 2.00. The van der Waals surface area contributed by atoms with Crippen molar-refractivity contribution in [2.45, 2.75) is 12.8 Å². The van der Waals surface area contributed by atoms with E-state index >= 15 is 0 Å². The minimum Gasteiger partial charge on any atom is -0.452 e. The van der Waals surface area contributed by atoms with Crippen LogP contribution in [0.15, 0.2) is 36.4 Å². The molecule has 1 aliphatic rings. The van der Waals surface area contributed by atoms with Crippen LogP contribution < -0.4 is 10.5 Å². The molecule has 19 heavy (non-hydrogen) atoms. The Morgan fingerprint density at radius 2 is 1.89 bits per heavy atom. The van der Waals surface area contributed by atoms with Crippen LogP contribution in [0.4, 0.5) is 10.1 Å². The number of halogens is 1. The Bertz CT molecular complexity index is 667. The van der Waals surface area contributed by atoms with Gasteiger partial charge in [0, 0.05) is 12.0 Å². The number of carbonyl (C=O) groups excluding carboxylic acids is 1. The monoisotopic (exact) mass is 257 g/mol. The molecule has 1 aliphatic carbocycles. The summed E-state index contributed by atoms with van der Waals surface area (Å²) >= 11 is 0. The summed E-state index contributed by atoms with van der Waals surface area (Å²) in [5.74, 6) is 0.0285. The summed E-state index contributed by atoms with van der Waals surface area (Å²) in [5, 5.41) is 0. The van der Waals surface area contributed by atoms with E-state index in [1.807, 2.05) is 0 Å². The zero-order valence-corrected chi connectivity index (χ0v) is 10.2.